The van der Waals surface area contributed by atoms with E-state index in [1.54, 1.807) is 11.5 Å². The largest absolute Gasteiger partial charge is 0.289 e. The van der Waals surface area contributed by atoms with Crippen LogP contribution in [0.4, 0.5) is 0 Å². The van der Waals surface area contributed by atoms with Crippen LogP contribution in [-0.2, 0) is 6.54 Å². The molecule has 0 amide bonds. The van der Waals surface area contributed by atoms with Crippen molar-refractivity contribution in [1.82, 2.24) is 24.5 Å². The van der Waals surface area contributed by atoms with Crippen molar-refractivity contribution in [2.45, 2.75) is 59.0 Å². The lowest BCUT2D eigenvalue weighted by molar-refractivity contribution is 0.246. The lowest BCUT2D eigenvalue weighted by Crippen LogP contribution is -2.23. The minimum Gasteiger partial charge on any atom is -0.289 e. The number of rotatable bonds is 4. The maximum absolute atomic E-state index is 4.68. The summed E-state index contributed by atoms with van der Waals surface area (Å²) < 4.78 is 4.47. The van der Waals surface area contributed by atoms with Gasteiger partial charge in [-0.25, -0.2) is 4.98 Å². The Morgan fingerprint density at radius 2 is 2.19 bits per heavy atom. The van der Waals surface area contributed by atoms with Crippen LogP contribution in [0.3, 0.4) is 0 Å². The van der Waals surface area contributed by atoms with Crippen molar-refractivity contribution in [3.63, 3.8) is 0 Å². The number of hydrogen-bond acceptors (Lipinski definition) is 5. The molecule has 2 aromatic rings. The molecule has 1 aliphatic rings. The first-order chi connectivity index (χ1) is 10.1. The van der Waals surface area contributed by atoms with Gasteiger partial charge in [-0.2, -0.15) is 9.47 Å². The molecule has 0 bridgehead atoms. The molecule has 0 saturated carbocycles. The molecule has 0 spiro atoms. The lowest BCUT2D eigenvalue weighted by atomic mass is 10.0. The maximum Gasteiger partial charge on any atom is 0.145 e. The summed E-state index contributed by atoms with van der Waals surface area (Å²) in [5.74, 6) is 1.38. The maximum atomic E-state index is 4.68. The molecule has 1 fully saturated rings. The van der Waals surface area contributed by atoms with Gasteiger partial charge in [0, 0.05) is 23.2 Å². The van der Waals surface area contributed by atoms with Gasteiger partial charge in [-0.3, -0.25) is 10.00 Å². The number of likely N-dealkylation sites (tertiary alicyclic amines) is 1. The second-order valence-corrected chi connectivity index (χ2v) is 7.01. The highest BCUT2D eigenvalue weighted by atomic mass is 32.1. The van der Waals surface area contributed by atoms with Gasteiger partial charge in [0.25, 0.3) is 0 Å². The molecule has 1 unspecified atom stereocenters. The Hall–Kier alpha value is -1.27. The third-order valence-corrected chi connectivity index (χ3v) is 4.93. The average molecular weight is 305 g/mol. The highest BCUT2D eigenvalue weighted by Gasteiger charge is 2.30. The summed E-state index contributed by atoms with van der Waals surface area (Å²) in [7, 11) is 0. The fraction of sp³-hybridized carbons (Fsp3) is 0.667. The molecule has 6 heteroatoms. The molecular weight excluding hydrogens is 282 g/mol. The Labute approximate surface area is 130 Å². The Balaban J connectivity index is 1.78. The number of nitrogens with zero attached hydrogens (tertiary/aromatic N) is 4. The molecule has 3 rings (SSSR count). The molecule has 0 aliphatic carbocycles. The molecule has 1 atom stereocenters. The summed E-state index contributed by atoms with van der Waals surface area (Å²) in [5, 5.41) is 8.60. The third-order valence-electron chi connectivity index (χ3n) is 4.22. The van der Waals surface area contributed by atoms with E-state index in [0.717, 1.165) is 29.6 Å². The predicted octanol–water partition coefficient (Wildman–Crippen LogP) is 3.34. The van der Waals surface area contributed by atoms with Crippen molar-refractivity contribution >= 4 is 11.5 Å². The first-order valence-corrected chi connectivity index (χ1v) is 8.41. The van der Waals surface area contributed by atoms with Crippen molar-refractivity contribution in [2.24, 2.45) is 0 Å². The Bertz CT molecular complexity index is 596. The normalized spacial score (nSPS) is 19.8. The van der Waals surface area contributed by atoms with Crippen molar-refractivity contribution in [3.8, 4) is 0 Å². The zero-order valence-electron chi connectivity index (χ0n) is 13.2. The van der Waals surface area contributed by atoms with E-state index in [1.807, 2.05) is 0 Å². The highest BCUT2D eigenvalue weighted by molar-refractivity contribution is 7.05. The first kappa shape index (κ1) is 14.7. The van der Waals surface area contributed by atoms with Gasteiger partial charge >= 0.3 is 0 Å². The van der Waals surface area contributed by atoms with E-state index in [-0.39, 0.29) is 0 Å². The van der Waals surface area contributed by atoms with E-state index in [2.05, 4.69) is 52.1 Å². The van der Waals surface area contributed by atoms with Gasteiger partial charge in [-0.1, -0.05) is 13.8 Å². The number of aryl methyl sites for hydroxylation is 2. The molecule has 0 aromatic carbocycles. The average Bonchev–Trinajstić information content (AvgIpc) is 3.13. The predicted molar refractivity (Wildman–Crippen MR) is 84.4 cm³/mol. The molecule has 1 N–H and O–H groups in total. The van der Waals surface area contributed by atoms with E-state index in [4.69, 9.17) is 0 Å². The molecule has 1 saturated heterocycles. The van der Waals surface area contributed by atoms with Crippen LogP contribution >= 0.6 is 11.5 Å². The Kier molecular flexibility index (Phi) is 4.08. The van der Waals surface area contributed by atoms with Crippen LogP contribution in [0.15, 0.2) is 0 Å². The Morgan fingerprint density at radius 3 is 2.81 bits per heavy atom. The monoisotopic (exact) mass is 305 g/mol. The van der Waals surface area contributed by atoms with Crippen molar-refractivity contribution in [3.05, 3.63) is 27.8 Å². The summed E-state index contributed by atoms with van der Waals surface area (Å²) >= 11 is 1.55. The Morgan fingerprint density at radius 1 is 1.38 bits per heavy atom. The molecule has 114 valence electrons. The van der Waals surface area contributed by atoms with E-state index in [0.29, 0.717) is 12.0 Å². The summed E-state index contributed by atoms with van der Waals surface area (Å²) in [4.78, 5) is 7.20. The molecule has 2 aromatic heterocycles. The van der Waals surface area contributed by atoms with Crippen LogP contribution in [0.25, 0.3) is 0 Å². The SMILES string of the molecule is Cc1n[nH]c(C)c1C1CCCN1Cc1nc(C(C)C)ns1. The fourth-order valence-corrected chi connectivity index (χ4v) is 3.94. The fourth-order valence-electron chi connectivity index (χ4n) is 3.13. The van der Waals surface area contributed by atoms with Crippen LogP contribution in [0.5, 0.6) is 0 Å². The van der Waals surface area contributed by atoms with Gasteiger partial charge in [-0.15, -0.1) is 0 Å². The number of nitrogens with one attached hydrogen (secondary N) is 1. The molecule has 0 radical (unpaired) electrons. The highest BCUT2D eigenvalue weighted by Crippen LogP contribution is 2.36. The van der Waals surface area contributed by atoms with E-state index >= 15 is 0 Å². The smallest absolute Gasteiger partial charge is 0.145 e. The summed E-state index contributed by atoms with van der Waals surface area (Å²) in [6, 6.07) is 0.468. The summed E-state index contributed by atoms with van der Waals surface area (Å²) in [6.45, 7) is 10.5. The lowest BCUT2D eigenvalue weighted by Gasteiger charge is -2.23. The van der Waals surface area contributed by atoms with Gasteiger partial charge in [0.2, 0.25) is 0 Å². The van der Waals surface area contributed by atoms with Crippen LogP contribution in [0.2, 0.25) is 0 Å². The zero-order chi connectivity index (χ0) is 15.0. The van der Waals surface area contributed by atoms with Crippen molar-refractivity contribution in [2.75, 3.05) is 6.54 Å². The number of aromatic amines is 1. The summed E-state index contributed by atoms with van der Waals surface area (Å²) in [6.07, 6.45) is 2.45. The molecule has 5 nitrogen and oxygen atoms in total. The van der Waals surface area contributed by atoms with Crippen LogP contribution in [-0.4, -0.2) is 31.0 Å². The first-order valence-electron chi connectivity index (χ1n) is 7.64. The van der Waals surface area contributed by atoms with Gasteiger partial charge in [0.15, 0.2) is 0 Å². The van der Waals surface area contributed by atoms with Gasteiger partial charge < -0.3 is 0 Å². The molecule has 21 heavy (non-hydrogen) atoms. The van der Waals surface area contributed by atoms with Gasteiger partial charge in [-0.05, 0) is 44.8 Å². The van der Waals surface area contributed by atoms with Crippen molar-refractivity contribution < 1.29 is 0 Å². The molecule has 3 heterocycles. The van der Waals surface area contributed by atoms with E-state index in [1.165, 1.54) is 24.1 Å². The number of aromatic nitrogens is 4. The number of H-pyrrole nitrogens is 1. The van der Waals surface area contributed by atoms with Crippen LogP contribution < -0.4 is 0 Å². The zero-order valence-corrected chi connectivity index (χ0v) is 14.0. The summed E-state index contributed by atoms with van der Waals surface area (Å²) in [5.41, 5.74) is 3.70. The minimum absolute atomic E-state index is 0.405. The van der Waals surface area contributed by atoms with Crippen LogP contribution in [0.1, 0.15) is 66.4 Å². The van der Waals surface area contributed by atoms with Gasteiger partial charge in [0.05, 0.1) is 12.2 Å². The third kappa shape index (κ3) is 2.87. The quantitative estimate of drug-likeness (QED) is 0.941. The van der Waals surface area contributed by atoms with Crippen LogP contribution in [0, 0.1) is 13.8 Å². The van der Waals surface area contributed by atoms with E-state index in [9.17, 15) is 0 Å². The topological polar surface area (TPSA) is 57.7 Å². The second-order valence-electron chi connectivity index (χ2n) is 6.18. The number of hydrogen-bond donors (Lipinski definition) is 1. The molecule has 1 aliphatic heterocycles. The molecular formula is C15H23N5S. The minimum atomic E-state index is 0.405. The van der Waals surface area contributed by atoms with E-state index < -0.39 is 0 Å². The van der Waals surface area contributed by atoms with Crippen molar-refractivity contribution in [1.29, 1.82) is 0 Å². The van der Waals surface area contributed by atoms with Gasteiger partial charge in [0.1, 0.15) is 10.8 Å². The standard InChI is InChI=1S/C15H23N5S/c1-9(2)15-16-13(21-19-15)8-20-7-5-6-12(20)14-10(3)17-18-11(14)4/h9,12H,5-8H2,1-4H3,(H,17,18). The second kappa shape index (κ2) is 5.85.